The molecule has 1 heterocycles. The average Bonchev–Trinajstić information content (AvgIpc) is 2.75. The van der Waals surface area contributed by atoms with Gasteiger partial charge in [-0.25, -0.2) is 4.79 Å². The highest BCUT2D eigenvalue weighted by atomic mass is 16.7. The Morgan fingerprint density at radius 2 is 1.75 bits per heavy atom. The number of carbonyl (C=O) groups excluding carboxylic acids is 2. The van der Waals surface area contributed by atoms with E-state index in [1.807, 2.05) is 0 Å². The molecule has 15 nitrogen and oxygen atoms in total. The van der Waals surface area contributed by atoms with Crippen molar-refractivity contribution in [1.82, 2.24) is 5.32 Å². The van der Waals surface area contributed by atoms with E-state index in [0.717, 1.165) is 6.92 Å². The number of aliphatic hydroxyl groups is 8. The number of hydrogen-bond acceptors (Lipinski definition) is 13. The monoisotopic (exact) mass is 471 g/mol. The quantitative estimate of drug-likeness (QED) is 0.119. The molecule has 32 heavy (non-hydrogen) atoms. The number of rotatable bonds is 12. The van der Waals surface area contributed by atoms with Gasteiger partial charge in [0.1, 0.15) is 42.7 Å². The molecule has 10 atom stereocenters. The van der Waals surface area contributed by atoms with E-state index in [1.165, 1.54) is 0 Å². The number of aliphatic carboxylic acids is 1. The molecule has 1 aliphatic heterocycles. The molecule has 10 N–H and O–H groups in total. The summed E-state index contributed by atoms with van der Waals surface area (Å²) in [6, 6.07) is -1.43. The van der Waals surface area contributed by atoms with Gasteiger partial charge in [0.15, 0.2) is 6.29 Å². The van der Waals surface area contributed by atoms with Gasteiger partial charge in [0.25, 0.3) is 5.79 Å². The van der Waals surface area contributed by atoms with Crippen molar-refractivity contribution >= 4 is 18.2 Å². The third-order valence-electron chi connectivity index (χ3n) is 4.91. The second kappa shape index (κ2) is 11.9. The maximum absolute atomic E-state index is 11.9. The molecule has 1 amide bonds. The van der Waals surface area contributed by atoms with Gasteiger partial charge in [0.05, 0.1) is 25.4 Å². The molecule has 0 bridgehead atoms. The van der Waals surface area contributed by atoms with Gasteiger partial charge in [-0.2, -0.15) is 0 Å². The first-order chi connectivity index (χ1) is 14.8. The SMILES string of the molecule is CC(=O)N[C@H]1C([C@H](O)[C@H](O)CO)O[C@@](OC[C@@H](O)[C@H](O)[C@H](O)[C@@H](O)C=O)(C(=O)O)C[C@@H]1O. The molecule has 1 saturated heterocycles. The van der Waals surface area contributed by atoms with Crippen LogP contribution in [-0.4, -0.2) is 138 Å². The number of hydrogen-bond donors (Lipinski definition) is 10. The van der Waals surface area contributed by atoms with Crippen molar-refractivity contribution in [3.8, 4) is 0 Å². The highest BCUT2D eigenvalue weighted by molar-refractivity contribution is 5.76. The van der Waals surface area contributed by atoms with E-state index in [1.54, 1.807) is 0 Å². The standard InChI is InChI=1S/C17H29NO14/c1-6(21)18-11-7(22)2-17(16(29)30,32-15(11)14(28)9(24)4-20)31-5-10(25)13(27)12(26)8(23)3-19/h3,7-15,20,22-28H,2,4-5H2,1H3,(H,18,21)(H,29,30)/t7-,8-,9+,10+,11+,12+,13-,14+,15?,17+/m0/s1. The predicted molar refractivity (Wildman–Crippen MR) is 98.6 cm³/mol. The average molecular weight is 471 g/mol. The van der Waals surface area contributed by atoms with Gasteiger partial charge in [-0.1, -0.05) is 0 Å². The van der Waals surface area contributed by atoms with Crippen LogP contribution >= 0.6 is 0 Å². The summed E-state index contributed by atoms with van der Waals surface area (Å²) in [5.74, 6) is -5.33. The Hall–Kier alpha value is -1.79. The molecule has 1 fully saturated rings. The Morgan fingerprint density at radius 3 is 2.22 bits per heavy atom. The highest BCUT2D eigenvalue weighted by Crippen LogP contribution is 2.33. The summed E-state index contributed by atoms with van der Waals surface area (Å²) in [6.07, 6.45) is -16.8. The molecule has 0 radical (unpaired) electrons. The lowest BCUT2D eigenvalue weighted by Gasteiger charge is -2.46. The van der Waals surface area contributed by atoms with Crippen LogP contribution in [0.5, 0.6) is 0 Å². The molecule has 1 unspecified atom stereocenters. The number of aldehydes is 1. The molecular weight excluding hydrogens is 442 g/mol. The first kappa shape index (κ1) is 28.2. The summed E-state index contributed by atoms with van der Waals surface area (Å²) in [7, 11) is 0. The van der Waals surface area contributed by atoms with Gasteiger partial charge in [0, 0.05) is 13.3 Å². The van der Waals surface area contributed by atoms with Crippen molar-refractivity contribution in [3.63, 3.8) is 0 Å². The van der Waals surface area contributed by atoms with Gasteiger partial charge in [-0.05, 0) is 0 Å². The molecule has 0 aromatic rings. The Kier molecular flexibility index (Phi) is 10.5. The smallest absolute Gasteiger partial charge is 0.364 e. The second-order valence-electron chi connectivity index (χ2n) is 7.37. The van der Waals surface area contributed by atoms with Crippen molar-refractivity contribution in [2.75, 3.05) is 13.2 Å². The molecule has 0 aromatic carbocycles. The topological polar surface area (TPSA) is 264 Å². The Bertz CT molecular complexity index is 649. The van der Waals surface area contributed by atoms with Gasteiger partial charge in [-0.15, -0.1) is 0 Å². The Morgan fingerprint density at radius 1 is 1.16 bits per heavy atom. The molecule has 0 saturated carbocycles. The molecule has 0 spiro atoms. The number of aliphatic hydroxyl groups excluding tert-OH is 8. The number of ether oxygens (including phenoxy) is 2. The van der Waals surface area contributed by atoms with E-state index in [2.05, 4.69) is 5.32 Å². The van der Waals surface area contributed by atoms with E-state index in [0.29, 0.717) is 0 Å². The summed E-state index contributed by atoms with van der Waals surface area (Å²) in [5, 5.41) is 89.9. The van der Waals surface area contributed by atoms with Crippen LogP contribution in [0.4, 0.5) is 0 Å². The van der Waals surface area contributed by atoms with Gasteiger partial charge in [-0.3, -0.25) is 4.79 Å². The highest BCUT2D eigenvalue weighted by Gasteiger charge is 2.56. The predicted octanol–water partition coefficient (Wildman–Crippen LogP) is -6.20. The molecule has 0 aromatic heterocycles. The first-order valence-electron chi connectivity index (χ1n) is 9.46. The summed E-state index contributed by atoms with van der Waals surface area (Å²) in [6.45, 7) is -0.976. The normalized spacial score (nSPS) is 31.6. The van der Waals surface area contributed by atoms with Crippen molar-refractivity contribution < 1.29 is 69.8 Å². The molecular formula is C17H29NO14. The number of carboxylic acids is 1. The van der Waals surface area contributed by atoms with E-state index >= 15 is 0 Å². The lowest BCUT2D eigenvalue weighted by molar-refractivity contribution is -0.317. The fraction of sp³-hybridized carbons (Fsp3) is 0.824. The van der Waals surface area contributed by atoms with Crippen LogP contribution in [-0.2, 0) is 23.9 Å². The van der Waals surface area contributed by atoms with Crippen molar-refractivity contribution in [1.29, 1.82) is 0 Å². The van der Waals surface area contributed by atoms with Crippen LogP contribution in [0.25, 0.3) is 0 Å². The fourth-order valence-corrected chi connectivity index (χ4v) is 3.11. The van der Waals surface area contributed by atoms with Gasteiger partial charge >= 0.3 is 5.97 Å². The Balaban J connectivity index is 3.13. The van der Waals surface area contributed by atoms with Crippen LogP contribution in [0, 0.1) is 0 Å². The minimum atomic E-state index is -2.77. The molecule has 1 aliphatic rings. The zero-order valence-corrected chi connectivity index (χ0v) is 17.0. The minimum absolute atomic E-state index is 0.110. The molecule has 186 valence electrons. The van der Waals surface area contributed by atoms with Crippen molar-refractivity contribution in [2.45, 2.75) is 74.0 Å². The lowest BCUT2D eigenvalue weighted by Crippen LogP contribution is -2.68. The zero-order valence-electron chi connectivity index (χ0n) is 17.0. The maximum Gasteiger partial charge on any atom is 0.364 e. The lowest BCUT2D eigenvalue weighted by atomic mass is 9.88. The summed E-state index contributed by atoms with van der Waals surface area (Å²) in [5.41, 5.74) is 0. The van der Waals surface area contributed by atoms with Crippen molar-refractivity contribution in [3.05, 3.63) is 0 Å². The number of amides is 1. The number of carbonyl (C=O) groups is 3. The largest absolute Gasteiger partial charge is 0.477 e. The van der Waals surface area contributed by atoms with Crippen LogP contribution in [0.1, 0.15) is 13.3 Å². The summed E-state index contributed by atoms with van der Waals surface area (Å²) in [4.78, 5) is 33.8. The van der Waals surface area contributed by atoms with E-state index < -0.39 is 92.2 Å². The zero-order chi connectivity index (χ0) is 24.8. The van der Waals surface area contributed by atoms with Crippen LogP contribution < -0.4 is 5.32 Å². The molecule has 1 rings (SSSR count). The van der Waals surface area contributed by atoms with Crippen molar-refractivity contribution in [2.24, 2.45) is 0 Å². The van der Waals surface area contributed by atoms with Crippen LogP contribution in [0.3, 0.4) is 0 Å². The van der Waals surface area contributed by atoms with E-state index in [-0.39, 0.29) is 6.29 Å². The third-order valence-corrected chi connectivity index (χ3v) is 4.91. The number of carboxylic acid groups (broad SMARTS) is 1. The van der Waals surface area contributed by atoms with Gasteiger partial charge in [0.2, 0.25) is 5.91 Å². The third kappa shape index (κ3) is 6.61. The first-order valence-corrected chi connectivity index (χ1v) is 9.46. The molecule has 0 aliphatic carbocycles. The van der Waals surface area contributed by atoms with Crippen LogP contribution in [0.2, 0.25) is 0 Å². The number of nitrogens with one attached hydrogen (secondary N) is 1. The van der Waals surface area contributed by atoms with Crippen LogP contribution in [0.15, 0.2) is 0 Å². The summed E-state index contributed by atoms with van der Waals surface area (Å²) < 4.78 is 10.3. The van der Waals surface area contributed by atoms with Gasteiger partial charge < -0.3 is 65.5 Å². The van der Waals surface area contributed by atoms with E-state index in [4.69, 9.17) is 14.6 Å². The van der Waals surface area contributed by atoms with E-state index in [9.17, 15) is 55.2 Å². The fourth-order valence-electron chi connectivity index (χ4n) is 3.11. The second-order valence-corrected chi connectivity index (χ2v) is 7.37. The summed E-state index contributed by atoms with van der Waals surface area (Å²) >= 11 is 0. The molecule has 15 heteroatoms. The maximum atomic E-state index is 11.9. The minimum Gasteiger partial charge on any atom is -0.477 e. The Labute approximate surface area is 181 Å².